The van der Waals surface area contributed by atoms with Crippen molar-refractivity contribution in [2.75, 3.05) is 7.11 Å². The molecule has 0 N–H and O–H groups in total. The second-order valence-corrected chi connectivity index (χ2v) is 6.55. The number of benzene rings is 2. The SMILES string of the molecule is COc1cccc(-c2noc(-c3cnc(Oc4ccc5c[c]n(C)c5c4)cn3)n2)c1. The van der Waals surface area contributed by atoms with Crippen molar-refractivity contribution in [1.82, 2.24) is 24.7 Å². The van der Waals surface area contributed by atoms with Crippen molar-refractivity contribution in [3.63, 3.8) is 0 Å². The van der Waals surface area contributed by atoms with Gasteiger partial charge in [-0.3, -0.25) is 0 Å². The van der Waals surface area contributed by atoms with E-state index >= 15 is 0 Å². The molecule has 1 radical (unpaired) electrons. The Morgan fingerprint density at radius 2 is 1.97 bits per heavy atom. The van der Waals surface area contributed by atoms with Crippen molar-refractivity contribution < 1.29 is 14.0 Å². The molecule has 8 heteroatoms. The van der Waals surface area contributed by atoms with Gasteiger partial charge in [0.2, 0.25) is 11.7 Å². The number of fused-ring (bicyclic) bond motifs is 1. The Kier molecular flexibility index (Phi) is 4.36. The number of aromatic nitrogens is 5. The van der Waals surface area contributed by atoms with Gasteiger partial charge in [-0.15, -0.1) is 0 Å². The Bertz CT molecular complexity index is 1320. The summed E-state index contributed by atoms with van der Waals surface area (Å²) < 4.78 is 18.3. The Balaban J connectivity index is 1.35. The number of aryl methyl sites for hydroxylation is 1. The van der Waals surface area contributed by atoms with E-state index in [1.54, 1.807) is 7.11 Å². The topological polar surface area (TPSA) is 88.1 Å². The zero-order valence-electron chi connectivity index (χ0n) is 16.2. The molecule has 147 valence electrons. The number of rotatable bonds is 5. The van der Waals surface area contributed by atoms with Gasteiger partial charge in [0.1, 0.15) is 17.2 Å². The predicted octanol–water partition coefficient (Wildman–Crippen LogP) is 4.29. The van der Waals surface area contributed by atoms with E-state index in [2.05, 4.69) is 26.3 Å². The van der Waals surface area contributed by atoms with Crippen LogP contribution in [0.25, 0.3) is 33.9 Å². The van der Waals surface area contributed by atoms with Crippen molar-refractivity contribution in [2.24, 2.45) is 7.05 Å². The molecule has 0 spiro atoms. The van der Waals surface area contributed by atoms with Crippen LogP contribution in [0.1, 0.15) is 0 Å². The van der Waals surface area contributed by atoms with Crippen LogP contribution in [0.15, 0.2) is 65.4 Å². The van der Waals surface area contributed by atoms with Gasteiger partial charge in [-0.25, -0.2) is 9.97 Å². The lowest BCUT2D eigenvalue weighted by Crippen LogP contribution is -1.92. The van der Waals surface area contributed by atoms with E-state index in [0.29, 0.717) is 28.9 Å². The van der Waals surface area contributed by atoms with Gasteiger partial charge < -0.3 is 18.6 Å². The summed E-state index contributed by atoms with van der Waals surface area (Å²) >= 11 is 0. The number of ether oxygens (including phenoxy) is 2. The zero-order valence-corrected chi connectivity index (χ0v) is 16.2. The molecule has 3 heterocycles. The van der Waals surface area contributed by atoms with Gasteiger partial charge in [-0.1, -0.05) is 17.3 Å². The Hall–Kier alpha value is -4.20. The Morgan fingerprint density at radius 1 is 1.03 bits per heavy atom. The molecule has 2 aromatic carbocycles. The molecule has 5 aromatic rings. The highest BCUT2D eigenvalue weighted by Crippen LogP contribution is 2.26. The second-order valence-electron chi connectivity index (χ2n) is 6.55. The molecule has 0 saturated carbocycles. The fraction of sp³-hybridized carbons (Fsp3) is 0.0909. The fourth-order valence-corrected chi connectivity index (χ4v) is 3.04. The van der Waals surface area contributed by atoms with Gasteiger partial charge in [0.15, 0.2) is 0 Å². The third-order valence-corrected chi connectivity index (χ3v) is 4.60. The average molecular weight is 398 g/mol. The normalized spacial score (nSPS) is 11.0. The maximum Gasteiger partial charge on any atom is 0.278 e. The van der Waals surface area contributed by atoms with Crippen LogP contribution in [0, 0.1) is 6.20 Å². The number of hydrogen-bond donors (Lipinski definition) is 0. The second kappa shape index (κ2) is 7.32. The highest BCUT2D eigenvalue weighted by Gasteiger charge is 2.13. The summed E-state index contributed by atoms with van der Waals surface area (Å²) in [4.78, 5) is 13.0. The van der Waals surface area contributed by atoms with Gasteiger partial charge in [-0.2, -0.15) is 4.98 Å². The molecular formula is C22H16N5O3. The van der Waals surface area contributed by atoms with Crippen LogP contribution >= 0.6 is 0 Å². The zero-order chi connectivity index (χ0) is 20.5. The van der Waals surface area contributed by atoms with Gasteiger partial charge in [-0.05, 0) is 30.3 Å². The van der Waals surface area contributed by atoms with Crippen molar-refractivity contribution in [3.8, 4) is 40.4 Å². The van der Waals surface area contributed by atoms with Crippen molar-refractivity contribution in [3.05, 3.63) is 67.1 Å². The lowest BCUT2D eigenvalue weighted by Gasteiger charge is -2.05. The summed E-state index contributed by atoms with van der Waals surface area (Å²) in [6.07, 6.45) is 6.17. The summed E-state index contributed by atoms with van der Waals surface area (Å²) in [6.45, 7) is 0. The van der Waals surface area contributed by atoms with E-state index in [0.717, 1.165) is 16.5 Å². The first-order valence-corrected chi connectivity index (χ1v) is 9.15. The summed E-state index contributed by atoms with van der Waals surface area (Å²) in [5.41, 5.74) is 2.26. The van der Waals surface area contributed by atoms with Crippen LogP contribution in [-0.4, -0.2) is 31.8 Å². The van der Waals surface area contributed by atoms with Gasteiger partial charge >= 0.3 is 0 Å². The highest BCUT2D eigenvalue weighted by atomic mass is 16.5. The van der Waals surface area contributed by atoms with Crippen LogP contribution in [0.2, 0.25) is 0 Å². The molecule has 30 heavy (non-hydrogen) atoms. The minimum Gasteiger partial charge on any atom is -0.497 e. The van der Waals surface area contributed by atoms with E-state index in [9.17, 15) is 0 Å². The van der Waals surface area contributed by atoms with Gasteiger partial charge in [0, 0.05) is 24.1 Å². The number of hydrogen-bond acceptors (Lipinski definition) is 7. The Morgan fingerprint density at radius 3 is 2.80 bits per heavy atom. The van der Waals surface area contributed by atoms with E-state index < -0.39 is 0 Å². The van der Waals surface area contributed by atoms with Crippen molar-refractivity contribution >= 4 is 10.9 Å². The summed E-state index contributed by atoms with van der Waals surface area (Å²) in [5.74, 6) is 2.46. The Labute approximate surface area is 171 Å². The van der Waals surface area contributed by atoms with Crippen LogP contribution in [-0.2, 0) is 7.05 Å². The van der Waals surface area contributed by atoms with Crippen LogP contribution in [0.3, 0.4) is 0 Å². The van der Waals surface area contributed by atoms with E-state index in [1.807, 2.05) is 60.1 Å². The predicted molar refractivity (Wildman–Crippen MR) is 109 cm³/mol. The monoisotopic (exact) mass is 398 g/mol. The molecule has 0 aliphatic heterocycles. The third kappa shape index (κ3) is 3.35. The molecule has 0 aliphatic carbocycles. The van der Waals surface area contributed by atoms with Crippen molar-refractivity contribution in [2.45, 2.75) is 0 Å². The minimum absolute atomic E-state index is 0.271. The molecule has 3 aromatic heterocycles. The third-order valence-electron chi connectivity index (χ3n) is 4.60. The van der Waals surface area contributed by atoms with Gasteiger partial charge in [0.25, 0.3) is 5.89 Å². The fourth-order valence-electron chi connectivity index (χ4n) is 3.04. The number of nitrogens with zero attached hydrogens (tertiary/aromatic N) is 5. The molecule has 0 atom stereocenters. The molecular weight excluding hydrogens is 382 g/mol. The molecule has 0 aliphatic rings. The lowest BCUT2D eigenvalue weighted by atomic mass is 10.2. The quantitative estimate of drug-likeness (QED) is 0.436. The lowest BCUT2D eigenvalue weighted by molar-refractivity contribution is 0.414. The molecule has 5 rings (SSSR count). The average Bonchev–Trinajstić information content (AvgIpc) is 3.42. The molecule has 0 amide bonds. The first kappa shape index (κ1) is 17.9. The summed E-state index contributed by atoms with van der Waals surface area (Å²) in [7, 11) is 3.54. The maximum atomic E-state index is 5.82. The van der Waals surface area contributed by atoms with E-state index in [4.69, 9.17) is 14.0 Å². The van der Waals surface area contributed by atoms with E-state index in [1.165, 1.54) is 12.4 Å². The number of methoxy groups -OCH3 is 1. The van der Waals surface area contributed by atoms with E-state index in [-0.39, 0.29) is 5.89 Å². The molecule has 8 nitrogen and oxygen atoms in total. The highest BCUT2D eigenvalue weighted by molar-refractivity contribution is 5.81. The molecule has 0 bridgehead atoms. The van der Waals surface area contributed by atoms with Gasteiger partial charge in [0.05, 0.1) is 31.2 Å². The largest absolute Gasteiger partial charge is 0.497 e. The summed E-state index contributed by atoms with van der Waals surface area (Å²) in [5, 5.41) is 5.11. The summed E-state index contributed by atoms with van der Waals surface area (Å²) in [6, 6.07) is 15.1. The first-order valence-electron chi connectivity index (χ1n) is 9.15. The molecule has 0 fully saturated rings. The molecule has 0 saturated heterocycles. The smallest absolute Gasteiger partial charge is 0.278 e. The van der Waals surface area contributed by atoms with Crippen molar-refractivity contribution in [1.29, 1.82) is 0 Å². The minimum atomic E-state index is 0.271. The molecule has 0 unspecified atom stereocenters. The standard InChI is InChI=1S/C22H16N5O3/c1-27-9-8-14-6-7-17(11-19(14)27)29-20-13-23-18(12-24-20)22-25-21(26-30-22)15-4-3-5-16(10-15)28-2/h3-8,10-13H,1-2H3. The maximum absolute atomic E-state index is 5.82. The van der Waals surface area contributed by atoms with Crippen LogP contribution in [0.5, 0.6) is 17.4 Å². The first-order chi connectivity index (χ1) is 14.7. The van der Waals surface area contributed by atoms with Crippen LogP contribution < -0.4 is 9.47 Å². The van der Waals surface area contributed by atoms with Crippen LogP contribution in [0.4, 0.5) is 0 Å².